The zero-order valence-corrected chi connectivity index (χ0v) is 16.2. The van der Waals surface area contributed by atoms with Crippen LogP contribution in [0.15, 0.2) is 50.4 Å². The van der Waals surface area contributed by atoms with Crippen molar-refractivity contribution in [3.05, 3.63) is 61.0 Å². The minimum Gasteiger partial charge on any atom is -0.483 e. The molecule has 0 heterocycles. The third kappa shape index (κ3) is 5.80. The average molecular weight is 481 g/mol. The minimum absolute atomic E-state index is 0.154. The van der Waals surface area contributed by atoms with E-state index in [1.165, 1.54) is 6.21 Å². The summed E-state index contributed by atoms with van der Waals surface area (Å²) in [5.74, 6) is 0.188. The highest BCUT2D eigenvalue weighted by molar-refractivity contribution is 9.11. The van der Waals surface area contributed by atoms with Crippen LogP contribution in [0.25, 0.3) is 0 Å². The number of ether oxygens (including phenoxy) is 1. The van der Waals surface area contributed by atoms with Gasteiger partial charge in [0.1, 0.15) is 5.75 Å². The monoisotopic (exact) mass is 478 g/mol. The molecule has 0 atom stereocenters. The van der Waals surface area contributed by atoms with Crippen LogP contribution in [-0.4, -0.2) is 18.7 Å². The van der Waals surface area contributed by atoms with E-state index in [0.29, 0.717) is 15.8 Å². The first-order chi connectivity index (χ1) is 11.0. The molecule has 0 saturated carbocycles. The number of hydrogen-bond acceptors (Lipinski definition) is 3. The van der Waals surface area contributed by atoms with Crippen molar-refractivity contribution in [2.24, 2.45) is 5.10 Å². The van der Waals surface area contributed by atoms with Gasteiger partial charge in [0.15, 0.2) is 6.61 Å². The second kappa shape index (κ2) is 8.68. The molecular weight excluding hydrogens is 471 g/mol. The highest BCUT2D eigenvalue weighted by atomic mass is 79.9. The normalized spacial score (nSPS) is 10.8. The Balaban J connectivity index is 1.85. The molecule has 120 valence electrons. The molecule has 0 saturated heterocycles. The van der Waals surface area contributed by atoms with Gasteiger partial charge in [0.25, 0.3) is 5.91 Å². The number of nitrogens with zero attached hydrogens (tertiary/aromatic N) is 1. The third-order valence-electron chi connectivity index (χ3n) is 2.60. The first-order valence-electron chi connectivity index (χ1n) is 6.30. The van der Waals surface area contributed by atoms with E-state index >= 15 is 0 Å². The molecule has 1 amide bonds. The van der Waals surface area contributed by atoms with E-state index in [2.05, 4.69) is 42.4 Å². The molecule has 0 radical (unpaired) electrons. The average Bonchev–Trinajstić information content (AvgIpc) is 2.50. The van der Waals surface area contributed by atoms with Crippen LogP contribution in [0.4, 0.5) is 0 Å². The van der Waals surface area contributed by atoms with Gasteiger partial charge in [-0.3, -0.25) is 4.79 Å². The van der Waals surface area contributed by atoms with Crippen LogP contribution in [0, 0.1) is 0 Å². The van der Waals surface area contributed by atoms with E-state index in [1.54, 1.807) is 24.3 Å². The van der Waals surface area contributed by atoms with Gasteiger partial charge >= 0.3 is 0 Å². The lowest BCUT2D eigenvalue weighted by molar-refractivity contribution is -0.123. The van der Waals surface area contributed by atoms with Crippen LogP contribution in [0.1, 0.15) is 5.56 Å². The molecule has 2 rings (SSSR count). The van der Waals surface area contributed by atoms with Crippen molar-refractivity contribution in [1.82, 2.24) is 5.43 Å². The Labute approximate surface area is 160 Å². The first kappa shape index (κ1) is 18.3. The molecule has 0 spiro atoms. The Morgan fingerprint density at radius 3 is 2.65 bits per heavy atom. The number of hydrazone groups is 1. The number of nitrogens with one attached hydrogen (secondary N) is 1. The van der Waals surface area contributed by atoms with E-state index < -0.39 is 0 Å². The summed E-state index contributed by atoms with van der Waals surface area (Å²) in [4.78, 5) is 11.7. The lowest BCUT2D eigenvalue weighted by Crippen LogP contribution is -2.24. The molecule has 2 aromatic rings. The summed E-state index contributed by atoms with van der Waals surface area (Å²) in [5, 5.41) is 4.72. The SMILES string of the molecule is O=C(COc1ccc(Br)cc1Br)N/N=C/c1ccc(Cl)c(Cl)c1. The predicted molar refractivity (Wildman–Crippen MR) is 99.5 cm³/mol. The van der Waals surface area contributed by atoms with Gasteiger partial charge in [-0.25, -0.2) is 5.43 Å². The number of hydrogen-bond donors (Lipinski definition) is 1. The fourth-order valence-corrected chi connectivity index (χ4v) is 3.01. The van der Waals surface area contributed by atoms with Gasteiger partial charge in [-0.05, 0) is 51.8 Å². The smallest absolute Gasteiger partial charge is 0.277 e. The number of carbonyl (C=O) groups excluding carboxylic acids is 1. The molecule has 0 aromatic heterocycles. The van der Waals surface area contributed by atoms with Crippen molar-refractivity contribution in [2.45, 2.75) is 0 Å². The number of benzene rings is 2. The standard InChI is InChI=1S/C15H10Br2Cl2N2O2/c16-10-2-4-14(11(17)6-10)23-8-15(22)21-20-7-9-1-3-12(18)13(19)5-9/h1-7H,8H2,(H,21,22)/b20-7+. The Morgan fingerprint density at radius 1 is 1.17 bits per heavy atom. The minimum atomic E-state index is -0.379. The molecule has 2 aromatic carbocycles. The highest BCUT2D eigenvalue weighted by Gasteiger charge is 2.05. The summed E-state index contributed by atoms with van der Waals surface area (Å²) in [6.45, 7) is -0.154. The molecule has 0 fully saturated rings. The van der Waals surface area contributed by atoms with Crippen LogP contribution in [0.3, 0.4) is 0 Å². The Kier molecular flexibility index (Phi) is 6.89. The van der Waals surface area contributed by atoms with Crippen molar-refractivity contribution in [3.63, 3.8) is 0 Å². The van der Waals surface area contributed by atoms with Crippen molar-refractivity contribution < 1.29 is 9.53 Å². The van der Waals surface area contributed by atoms with E-state index in [-0.39, 0.29) is 12.5 Å². The van der Waals surface area contributed by atoms with Crippen LogP contribution < -0.4 is 10.2 Å². The van der Waals surface area contributed by atoms with Gasteiger partial charge in [0, 0.05) is 4.47 Å². The fourth-order valence-electron chi connectivity index (χ4n) is 1.54. The molecule has 23 heavy (non-hydrogen) atoms. The van der Waals surface area contributed by atoms with Gasteiger partial charge < -0.3 is 4.74 Å². The second-order valence-electron chi connectivity index (χ2n) is 4.33. The molecular formula is C15H10Br2Cl2N2O2. The third-order valence-corrected chi connectivity index (χ3v) is 4.45. The molecule has 0 aliphatic carbocycles. The predicted octanol–water partition coefficient (Wildman–Crippen LogP) is 5.05. The summed E-state index contributed by atoms with van der Waals surface area (Å²) in [7, 11) is 0. The number of amides is 1. The van der Waals surface area contributed by atoms with Crippen molar-refractivity contribution in [3.8, 4) is 5.75 Å². The van der Waals surface area contributed by atoms with Crippen molar-refractivity contribution >= 4 is 67.2 Å². The van der Waals surface area contributed by atoms with Gasteiger partial charge in [-0.2, -0.15) is 5.10 Å². The zero-order chi connectivity index (χ0) is 16.8. The number of carbonyl (C=O) groups is 1. The topological polar surface area (TPSA) is 50.7 Å². The largest absolute Gasteiger partial charge is 0.483 e. The first-order valence-corrected chi connectivity index (χ1v) is 8.64. The second-order valence-corrected chi connectivity index (χ2v) is 6.91. The van der Waals surface area contributed by atoms with E-state index in [0.717, 1.165) is 14.5 Å². The molecule has 0 unspecified atom stereocenters. The van der Waals surface area contributed by atoms with Gasteiger partial charge in [-0.15, -0.1) is 0 Å². The maximum absolute atomic E-state index is 11.7. The quantitative estimate of drug-likeness (QED) is 0.481. The van der Waals surface area contributed by atoms with E-state index in [1.807, 2.05) is 12.1 Å². The Bertz CT molecular complexity index is 754. The number of rotatable bonds is 5. The van der Waals surface area contributed by atoms with Crippen LogP contribution in [-0.2, 0) is 4.79 Å². The van der Waals surface area contributed by atoms with Crippen LogP contribution in [0.2, 0.25) is 10.0 Å². The summed E-state index contributed by atoms with van der Waals surface area (Å²) < 4.78 is 7.06. The summed E-state index contributed by atoms with van der Waals surface area (Å²) in [5.41, 5.74) is 3.09. The Hall–Kier alpha value is -1.08. The lowest BCUT2D eigenvalue weighted by Gasteiger charge is -2.07. The molecule has 4 nitrogen and oxygen atoms in total. The molecule has 0 aliphatic rings. The summed E-state index contributed by atoms with van der Waals surface area (Å²) >= 11 is 18.4. The van der Waals surface area contributed by atoms with Gasteiger partial charge in [-0.1, -0.05) is 45.2 Å². The molecule has 8 heteroatoms. The fraction of sp³-hybridized carbons (Fsp3) is 0.0667. The van der Waals surface area contributed by atoms with Crippen molar-refractivity contribution in [1.29, 1.82) is 0 Å². The van der Waals surface area contributed by atoms with Crippen LogP contribution in [0.5, 0.6) is 5.75 Å². The summed E-state index contributed by atoms with van der Waals surface area (Å²) in [6.07, 6.45) is 1.47. The highest BCUT2D eigenvalue weighted by Crippen LogP contribution is 2.28. The van der Waals surface area contributed by atoms with Gasteiger partial charge in [0.05, 0.1) is 20.7 Å². The van der Waals surface area contributed by atoms with Crippen molar-refractivity contribution in [2.75, 3.05) is 6.61 Å². The molecule has 1 N–H and O–H groups in total. The number of halogens is 4. The van der Waals surface area contributed by atoms with Crippen LogP contribution >= 0.6 is 55.1 Å². The lowest BCUT2D eigenvalue weighted by atomic mass is 10.2. The Morgan fingerprint density at radius 2 is 1.96 bits per heavy atom. The maximum Gasteiger partial charge on any atom is 0.277 e. The molecule has 0 aliphatic heterocycles. The maximum atomic E-state index is 11.7. The van der Waals surface area contributed by atoms with Gasteiger partial charge in [0.2, 0.25) is 0 Å². The molecule has 0 bridgehead atoms. The zero-order valence-electron chi connectivity index (χ0n) is 11.5. The van der Waals surface area contributed by atoms with E-state index in [4.69, 9.17) is 27.9 Å². The van der Waals surface area contributed by atoms with E-state index in [9.17, 15) is 4.79 Å². The summed E-state index contributed by atoms with van der Waals surface area (Å²) in [6, 6.07) is 10.4.